The fraction of sp³-hybridized carbons (Fsp3) is 0.429. The topological polar surface area (TPSA) is 75.0 Å². The highest BCUT2D eigenvalue weighted by molar-refractivity contribution is 5.96. The summed E-state index contributed by atoms with van der Waals surface area (Å²) in [5.74, 6) is -0.124. The van der Waals surface area contributed by atoms with Crippen LogP contribution in [-0.2, 0) is 22.5 Å². The van der Waals surface area contributed by atoms with E-state index in [0.29, 0.717) is 19.5 Å². The average Bonchev–Trinajstić information content (AvgIpc) is 3.28. The van der Waals surface area contributed by atoms with Gasteiger partial charge in [0.05, 0.1) is 19.5 Å². The van der Waals surface area contributed by atoms with E-state index in [0.717, 1.165) is 44.0 Å². The highest BCUT2D eigenvalue weighted by Gasteiger charge is 2.35. The lowest BCUT2D eigenvalue weighted by Crippen LogP contribution is -2.53. The number of nitrogens with zero attached hydrogens (tertiary/aromatic N) is 2. The third-order valence-electron chi connectivity index (χ3n) is 5.38. The Hall–Kier alpha value is -2.64. The smallest absolute Gasteiger partial charge is 0.290 e. The molecule has 28 heavy (non-hydrogen) atoms. The van der Waals surface area contributed by atoms with Crippen LogP contribution >= 0.6 is 0 Å². The van der Waals surface area contributed by atoms with Gasteiger partial charge in [-0.3, -0.25) is 14.5 Å². The van der Waals surface area contributed by atoms with Crippen LogP contribution in [-0.4, -0.2) is 67.0 Å². The fourth-order valence-corrected chi connectivity index (χ4v) is 3.79. The van der Waals surface area contributed by atoms with Crippen molar-refractivity contribution in [2.75, 3.05) is 39.4 Å². The lowest BCUT2D eigenvalue weighted by Gasteiger charge is -2.35. The molecule has 1 N–H and O–H groups in total. The predicted molar refractivity (Wildman–Crippen MR) is 103 cm³/mol. The molecule has 1 unspecified atom stereocenters. The molecule has 148 valence electrons. The molecule has 1 aromatic heterocycles. The van der Waals surface area contributed by atoms with Gasteiger partial charge in [-0.25, -0.2) is 0 Å². The molecule has 2 amide bonds. The number of morpholine rings is 1. The molecule has 1 atom stereocenters. The third-order valence-corrected chi connectivity index (χ3v) is 5.38. The number of hydrogen-bond donors (Lipinski definition) is 1. The van der Waals surface area contributed by atoms with Crippen LogP contribution < -0.4 is 5.32 Å². The zero-order valence-corrected chi connectivity index (χ0v) is 15.8. The molecule has 2 aliphatic heterocycles. The normalized spacial score (nSPS) is 19.9. The van der Waals surface area contributed by atoms with Crippen molar-refractivity contribution in [3.8, 4) is 0 Å². The number of carbonyl (C=O) groups excluding carboxylic acids is 2. The minimum atomic E-state index is -0.544. The van der Waals surface area contributed by atoms with Gasteiger partial charge in [0.25, 0.3) is 5.91 Å². The van der Waals surface area contributed by atoms with E-state index in [1.165, 1.54) is 6.26 Å². The first-order valence-corrected chi connectivity index (χ1v) is 9.71. The number of fused-ring (bicyclic) bond motifs is 1. The van der Waals surface area contributed by atoms with Crippen molar-refractivity contribution in [3.63, 3.8) is 0 Å². The second kappa shape index (κ2) is 8.58. The lowest BCUT2D eigenvalue weighted by atomic mass is 9.93. The Bertz CT molecular complexity index is 815. The van der Waals surface area contributed by atoms with Gasteiger partial charge in [0.2, 0.25) is 5.91 Å². The second-order valence-electron chi connectivity index (χ2n) is 7.14. The number of hydrogen-bond acceptors (Lipinski definition) is 5. The summed E-state index contributed by atoms with van der Waals surface area (Å²) in [6.07, 6.45) is 1.98. The van der Waals surface area contributed by atoms with Crippen LogP contribution in [0.5, 0.6) is 0 Å². The molecule has 3 heterocycles. The van der Waals surface area contributed by atoms with E-state index in [1.807, 2.05) is 24.3 Å². The number of furan rings is 1. The largest absolute Gasteiger partial charge is 0.459 e. The molecule has 7 heteroatoms. The SMILES string of the molecule is O=C(NCCN1CCOCC1)C1Cc2ccccc2CN1C(=O)c1ccco1. The zero-order valence-electron chi connectivity index (χ0n) is 15.8. The zero-order chi connectivity index (χ0) is 19.3. The second-order valence-corrected chi connectivity index (χ2v) is 7.14. The standard InChI is InChI=1S/C21H25N3O4/c25-20(22-7-8-23-9-12-27-13-10-23)18-14-16-4-1-2-5-17(16)15-24(18)21(26)19-6-3-11-28-19/h1-6,11,18H,7-10,12-15H2,(H,22,25). The minimum Gasteiger partial charge on any atom is -0.459 e. The van der Waals surface area contributed by atoms with Gasteiger partial charge in [-0.2, -0.15) is 0 Å². The minimum absolute atomic E-state index is 0.123. The lowest BCUT2D eigenvalue weighted by molar-refractivity contribution is -0.126. The Morgan fingerprint density at radius 3 is 2.61 bits per heavy atom. The van der Waals surface area contributed by atoms with E-state index >= 15 is 0 Å². The van der Waals surface area contributed by atoms with Gasteiger partial charge in [0.15, 0.2) is 5.76 Å². The summed E-state index contributed by atoms with van der Waals surface area (Å²) in [6.45, 7) is 4.98. The number of benzene rings is 1. The predicted octanol–water partition coefficient (Wildman–Crippen LogP) is 1.30. The summed E-state index contributed by atoms with van der Waals surface area (Å²) in [5, 5.41) is 3.01. The Morgan fingerprint density at radius 2 is 1.86 bits per heavy atom. The van der Waals surface area contributed by atoms with Gasteiger partial charge in [-0.05, 0) is 23.3 Å². The molecule has 2 aromatic rings. The molecule has 0 saturated carbocycles. The fourth-order valence-electron chi connectivity index (χ4n) is 3.79. The molecule has 0 spiro atoms. The molecule has 1 fully saturated rings. The van der Waals surface area contributed by atoms with Crippen LogP contribution in [0, 0.1) is 0 Å². The average molecular weight is 383 g/mol. The molecule has 2 aliphatic rings. The number of nitrogens with one attached hydrogen (secondary N) is 1. The van der Waals surface area contributed by atoms with Crippen LogP contribution in [0.4, 0.5) is 0 Å². The van der Waals surface area contributed by atoms with Gasteiger partial charge in [0, 0.05) is 39.1 Å². The van der Waals surface area contributed by atoms with Crippen LogP contribution in [0.2, 0.25) is 0 Å². The Labute approximate surface area is 164 Å². The summed E-state index contributed by atoms with van der Waals surface area (Å²) in [6, 6.07) is 10.7. The van der Waals surface area contributed by atoms with Crippen LogP contribution in [0.25, 0.3) is 0 Å². The molecule has 0 bridgehead atoms. The van der Waals surface area contributed by atoms with Crippen molar-refractivity contribution in [1.29, 1.82) is 0 Å². The molecule has 0 radical (unpaired) electrons. The quantitative estimate of drug-likeness (QED) is 0.842. The van der Waals surface area contributed by atoms with Crippen LogP contribution in [0.1, 0.15) is 21.7 Å². The summed E-state index contributed by atoms with van der Waals surface area (Å²) in [5.41, 5.74) is 2.18. The monoisotopic (exact) mass is 383 g/mol. The highest BCUT2D eigenvalue weighted by Crippen LogP contribution is 2.25. The Balaban J connectivity index is 1.45. The van der Waals surface area contributed by atoms with Gasteiger partial charge in [-0.1, -0.05) is 24.3 Å². The van der Waals surface area contributed by atoms with E-state index in [2.05, 4.69) is 10.2 Å². The maximum atomic E-state index is 13.0. The van der Waals surface area contributed by atoms with Crippen molar-refractivity contribution in [1.82, 2.24) is 15.1 Å². The molecule has 1 aromatic carbocycles. The summed E-state index contributed by atoms with van der Waals surface area (Å²) < 4.78 is 10.6. The van der Waals surface area contributed by atoms with Gasteiger partial charge >= 0.3 is 0 Å². The number of amides is 2. The summed E-state index contributed by atoms with van der Waals surface area (Å²) >= 11 is 0. The Morgan fingerprint density at radius 1 is 1.07 bits per heavy atom. The third kappa shape index (κ3) is 4.10. The first-order valence-electron chi connectivity index (χ1n) is 9.71. The van der Waals surface area contributed by atoms with Crippen molar-refractivity contribution < 1.29 is 18.7 Å². The van der Waals surface area contributed by atoms with E-state index < -0.39 is 6.04 Å². The number of carbonyl (C=O) groups is 2. The number of rotatable bonds is 5. The van der Waals surface area contributed by atoms with Crippen molar-refractivity contribution in [2.24, 2.45) is 0 Å². The maximum absolute atomic E-state index is 13.0. The van der Waals surface area contributed by atoms with Crippen molar-refractivity contribution in [3.05, 3.63) is 59.5 Å². The first kappa shape index (κ1) is 18.7. The van der Waals surface area contributed by atoms with Gasteiger partial charge < -0.3 is 19.4 Å². The highest BCUT2D eigenvalue weighted by atomic mass is 16.5. The summed E-state index contributed by atoms with van der Waals surface area (Å²) in [4.78, 5) is 29.8. The van der Waals surface area contributed by atoms with E-state index in [4.69, 9.17) is 9.15 Å². The molecule has 1 saturated heterocycles. The van der Waals surface area contributed by atoms with Crippen molar-refractivity contribution >= 4 is 11.8 Å². The molecular weight excluding hydrogens is 358 g/mol. The molecular formula is C21H25N3O4. The number of ether oxygens (including phenoxy) is 1. The molecule has 0 aliphatic carbocycles. The van der Waals surface area contributed by atoms with Crippen LogP contribution in [0.3, 0.4) is 0 Å². The summed E-state index contributed by atoms with van der Waals surface area (Å²) in [7, 11) is 0. The van der Waals surface area contributed by atoms with Crippen LogP contribution in [0.15, 0.2) is 47.1 Å². The first-order chi connectivity index (χ1) is 13.7. The molecule has 4 rings (SSSR count). The maximum Gasteiger partial charge on any atom is 0.290 e. The molecule has 7 nitrogen and oxygen atoms in total. The van der Waals surface area contributed by atoms with Gasteiger partial charge in [-0.15, -0.1) is 0 Å². The van der Waals surface area contributed by atoms with Crippen molar-refractivity contribution in [2.45, 2.75) is 19.0 Å². The van der Waals surface area contributed by atoms with E-state index in [1.54, 1.807) is 17.0 Å². The van der Waals surface area contributed by atoms with Gasteiger partial charge in [0.1, 0.15) is 6.04 Å². The Kier molecular flexibility index (Phi) is 5.73. The van der Waals surface area contributed by atoms with E-state index in [-0.39, 0.29) is 17.6 Å². The van der Waals surface area contributed by atoms with E-state index in [9.17, 15) is 9.59 Å².